The lowest BCUT2D eigenvalue weighted by molar-refractivity contribution is -0.128. The topological polar surface area (TPSA) is 77.7 Å². The third kappa shape index (κ3) is 3.06. The number of likely N-dealkylation sites (tertiary alicyclic amines) is 1. The van der Waals surface area contributed by atoms with E-state index in [2.05, 4.69) is 10.1 Å². The van der Waals surface area contributed by atoms with Gasteiger partial charge in [-0.3, -0.25) is 4.79 Å². The summed E-state index contributed by atoms with van der Waals surface area (Å²) in [7, 11) is 0. The van der Waals surface area contributed by atoms with Crippen LogP contribution in [-0.2, 0) is 16.8 Å². The number of aromatic nitrogens is 2. The summed E-state index contributed by atoms with van der Waals surface area (Å²) >= 11 is 0. The molecular weight excluding hydrogens is 322 g/mol. The van der Waals surface area contributed by atoms with E-state index in [1.54, 1.807) is 0 Å². The summed E-state index contributed by atoms with van der Waals surface area (Å²) in [5, 5.41) is 4.06. The molecule has 0 bridgehead atoms. The Labute approximate surface area is 145 Å². The number of hydrogen-bond acceptors (Lipinski definition) is 6. The second-order valence-electron chi connectivity index (χ2n) is 7.57. The molecule has 2 aromatic rings. The van der Waals surface area contributed by atoms with E-state index in [1.165, 1.54) is 0 Å². The second-order valence-corrected chi connectivity index (χ2v) is 7.57. The molecule has 0 N–H and O–H groups in total. The summed E-state index contributed by atoms with van der Waals surface area (Å²) in [6.45, 7) is 7.47. The molecule has 1 aromatic heterocycles. The molecule has 0 spiro atoms. The number of fused-ring (bicyclic) bond motifs is 1. The van der Waals surface area contributed by atoms with Crippen LogP contribution < -0.4 is 9.47 Å². The number of benzene rings is 1. The highest BCUT2D eigenvalue weighted by molar-refractivity contribution is 5.79. The summed E-state index contributed by atoms with van der Waals surface area (Å²) in [6, 6.07) is 5.76. The van der Waals surface area contributed by atoms with Crippen molar-refractivity contribution in [3.63, 3.8) is 0 Å². The maximum Gasteiger partial charge on any atom is 0.232 e. The fourth-order valence-corrected chi connectivity index (χ4v) is 3.06. The number of carbonyl (C=O) groups is 1. The minimum Gasteiger partial charge on any atom is -0.454 e. The van der Waals surface area contributed by atoms with Crippen molar-refractivity contribution in [3.05, 3.63) is 35.5 Å². The van der Waals surface area contributed by atoms with E-state index in [0.717, 1.165) is 17.1 Å². The summed E-state index contributed by atoms with van der Waals surface area (Å²) in [6.07, 6.45) is 0.399. The van der Waals surface area contributed by atoms with Crippen LogP contribution in [0, 0.1) is 0 Å². The minimum absolute atomic E-state index is 0.0508. The molecule has 0 aliphatic carbocycles. The molecule has 0 unspecified atom stereocenters. The van der Waals surface area contributed by atoms with E-state index >= 15 is 0 Å². The molecule has 25 heavy (non-hydrogen) atoms. The zero-order chi connectivity index (χ0) is 17.6. The number of rotatable bonds is 3. The van der Waals surface area contributed by atoms with Gasteiger partial charge in [-0.15, -0.1) is 0 Å². The summed E-state index contributed by atoms with van der Waals surface area (Å²) < 4.78 is 16.1. The average molecular weight is 343 g/mol. The Morgan fingerprint density at radius 1 is 1.24 bits per heavy atom. The molecule has 1 saturated heterocycles. The lowest BCUT2D eigenvalue weighted by atomic mass is 9.96. The lowest BCUT2D eigenvalue weighted by Crippen LogP contribution is -2.24. The first kappa shape index (κ1) is 15.9. The molecule has 1 aromatic carbocycles. The van der Waals surface area contributed by atoms with Crippen molar-refractivity contribution in [2.45, 2.75) is 45.1 Å². The van der Waals surface area contributed by atoms with Crippen LogP contribution in [0.2, 0.25) is 0 Å². The van der Waals surface area contributed by atoms with Gasteiger partial charge in [0.05, 0.1) is 5.92 Å². The first-order valence-corrected chi connectivity index (χ1v) is 8.40. The Hall–Kier alpha value is -2.57. The van der Waals surface area contributed by atoms with Gasteiger partial charge in [0.25, 0.3) is 0 Å². The van der Waals surface area contributed by atoms with Crippen molar-refractivity contribution in [2.24, 2.45) is 0 Å². The van der Waals surface area contributed by atoms with Gasteiger partial charge in [-0.1, -0.05) is 32.0 Å². The zero-order valence-corrected chi connectivity index (χ0v) is 14.6. The molecule has 1 atom stereocenters. The minimum atomic E-state index is -0.170. The van der Waals surface area contributed by atoms with Crippen molar-refractivity contribution in [1.29, 1.82) is 0 Å². The molecule has 1 fully saturated rings. The van der Waals surface area contributed by atoms with E-state index in [1.807, 2.05) is 43.9 Å². The Bertz CT molecular complexity index is 809. The van der Waals surface area contributed by atoms with Gasteiger partial charge in [0.15, 0.2) is 17.3 Å². The van der Waals surface area contributed by atoms with E-state index in [-0.39, 0.29) is 24.0 Å². The van der Waals surface area contributed by atoms with E-state index < -0.39 is 0 Å². The van der Waals surface area contributed by atoms with Crippen LogP contribution in [0.15, 0.2) is 22.7 Å². The molecule has 3 heterocycles. The average Bonchev–Trinajstić information content (AvgIpc) is 3.26. The van der Waals surface area contributed by atoms with Gasteiger partial charge in [-0.2, -0.15) is 4.98 Å². The van der Waals surface area contributed by atoms with Gasteiger partial charge in [0.1, 0.15) is 0 Å². The first-order chi connectivity index (χ1) is 11.9. The molecule has 7 heteroatoms. The van der Waals surface area contributed by atoms with Gasteiger partial charge in [-0.25, -0.2) is 0 Å². The second kappa shape index (κ2) is 5.75. The van der Waals surface area contributed by atoms with Crippen LogP contribution in [0.1, 0.15) is 50.4 Å². The van der Waals surface area contributed by atoms with Gasteiger partial charge >= 0.3 is 0 Å². The summed E-state index contributed by atoms with van der Waals surface area (Å²) in [5.41, 5.74) is 0.843. The normalized spacial score (nSPS) is 19.7. The van der Waals surface area contributed by atoms with Crippen LogP contribution in [0.25, 0.3) is 0 Å². The predicted octanol–water partition coefficient (Wildman–Crippen LogP) is 2.61. The van der Waals surface area contributed by atoms with Gasteiger partial charge < -0.3 is 18.9 Å². The van der Waals surface area contributed by atoms with Crippen LogP contribution in [0.3, 0.4) is 0 Å². The van der Waals surface area contributed by atoms with Crippen LogP contribution in [-0.4, -0.2) is 34.3 Å². The maximum absolute atomic E-state index is 12.4. The van der Waals surface area contributed by atoms with E-state index in [9.17, 15) is 4.79 Å². The summed E-state index contributed by atoms with van der Waals surface area (Å²) in [4.78, 5) is 18.7. The van der Waals surface area contributed by atoms with Crippen LogP contribution in [0.5, 0.6) is 11.5 Å². The molecule has 132 valence electrons. The maximum atomic E-state index is 12.4. The van der Waals surface area contributed by atoms with Crippen molar-refractivity contribution in [3.8, 4) is 11.5 Å². The molecule has 7 nitrogen and oxygen atoms in total. The third-order valence-electron chi connectivity index (χ3n) is 4.49. The van der Waals surface area contributed by atoms with Crippen LogP contribution in [0.4, 0.5) is 0 Å². The van der Waals surface area contributed by atoms with Gasteiger partial charge in [0, 0.05) is 24.9 Å². The third-order valence-corrected chi connectivity index (χ3v) is 4.49. The SMILES string of the molecule is CC(C)(C)c1noc([C@@H]2CC(=O)N(Cc3ccc4c(c3)OCO4)C2)n1. The van der Waals surface area contributed by atoms with Gasteiger partial charge in [-0.05, 0) is 17.7 Å². The number of nitrogens with zero attached hydrogens (tertiary/aromatic N) is 3. The Kier molecular flexibility index (Phi) is 3.67. The largest absolute Gasteiger partial charge is 0.454 e. The van der Waals surface area contributed by atoms with E-state index in [0.29, 0.717) is 31.2 Å². The molecule has 0 radical (unpaired) electrons. The smallest absolute Gasteiger partial charge is 0.232 e. The Morgan fingerprint density at radius 2 is 2.04 bits per heavy atom. The predicted molar refractivity (Wildman–Crippen MR) is 88.3 cm³/mol. The summed E-state index contributed by atoms with van der Waals surface area (Å²) in [5.74, 6) is 2.74. The van der Waals surface area contributed by atoms with Crippen molar-refractivity contribution in [2.75, 3.05) is 13.3 Å². The highest BCUT2D eigenvalue weighted by atomic mass is 16.7. The quantitative estimate of drug-likeness (QED) is 0.852. The fraction of sp³-hybridized carbons (Fsp3) is 0.500. The molecule has 4 rings (SSSR count). The standard InChI is InChI=1S/C18H21N3O4/c1-18(2,3)17-19-16(25-20-17)12-7-15(22)21(9-12)8-11-4-5-13-14(6-11)24-10-23-13/h4-6,12H,7-10H2,1-3H3/t12-/m1/s1. The number of hydrogen-bond donors (Lipinski definition) is 0. The first-order valence-electron chi connectivity index (χ1n) is 8.40. The number of carbonyl (C=O) groups excluding carboxylic acids is 1. The van der Waals surface area contributed by atoms with E-state index in [4.69, 9.17) is 14.0 Å². The van der Waals surface area contributed by atoms with Crippen LogP contribution >= 0.6 is 0 Å². The van der Waals surface area contributed by atoms with Crippen molar-refractivity contribution >= 4 is 5.91 Å². The molecule has 2 aliphatic heterocycles. The Balaban J connectivity index is 1.46. The molecule has 2 aliphatic rings. The monoisotopic (exact) mass is 343 g/mol. The van der Waals surface area contributed by atoms with Crippen molar-refractivity contribution < 1.29 is 18.8 Å². The number of ether oxygens (including phenoxy) is 2. The number of amides is 1. The fourth-order valence-electron chi connectivity index (χ4n) is 3.06. The lowest BCUT2D eigenvalue weighted by Gasteiger charge is -2.16. The highest BCUT2D eigenvalue weighted by Gasteiger charge is 2.35. The van der Waals surface area contributed by atoms with Gasteiger partial charge in [0.2, 0.25) is 18.6 Å². The molecule has 1 amide bonds. The Morgan fingerprint density at radius 3 is 2.80 bits per heavy atom. The molecular formula is C18H21N3O4. The van der Waals surface area contributed by atoms with Crippen molar-refractivity contribution in [1.82, 2.24) is 15.0 Å². The highest BCUT2D eigenvalue weighted by Crippen LogP contribution is 2.34. The molecule has 0 saturated carbocycles. The zero-order valence-electron chi connectivity index (χ0n) is 14.6.